The molecule has 3 aliphatic carbocycles. The first-order valence-electron chi connectivity index (χ1n) is 8.48. The zero-order valence-corrected chi connectivity index (χ0v) is 13.1. The van der Waals surface area contributed by atoms with Crippen LogP contribution in [0.1, 0.15) is 47.8 Å². The van der Waals surface area contributed by atoms with Crippen molar-refractivity contribution >= 4 is 22.4 Å². The molecule has 2 saturated carbocycles. The molecule has 0 aromatic heterocycles. The maximum atomic E-state index is 7.01. The second-order valence-corrected chi connectivity index (χ2v) is 7.86. The molecule has 2 fully saturated rings. The fourth-order valence-electron chi connectivity index (χ4n) is 5.39. The number of fused-ring (bicyclic) bond motifs is 2. The lowest BCUT2D eigenvalue weighted by atomic mass is 9.82. The van der Waals surface area contributed by atoms with Crippen LogP contribution < -0.4 is 0 Å². The Morgan fingerprint density at radius 1 is 0.952 bits per heavy atom. The molecule has 5 rings (SSSR count). The average Bonchev–Trinajstić information content (AvgIpc) is 3.23. The molecule has 1 heteroatoms. The quantitative estimate of drug-likeness (QED) is 0.628. The van der Waals surface area contributed by atoms with Gasteiger partial charge in [-0.2, -0.15) is 0 Å². The van der Waals surface area contributed by atoms with E-state index in [4.69, 9.17) is 11.6 Å². The van der Waals surface area contributed by atoms with Crippen LogP contribution in [0.25, 0.3) is 10.8 Å². The monoisotopic (exact) mass is 296 g/mol. The van der Waals surface area contributed by atoms with Crippen molar-refractivity contribution in [3.05, 3.63) is 47.0 Å². The Hall–Kier alpha value is -1.01. The molecule has 108 valence electrons. The number of halogens is 1. The van der Waals surface area contributed by atoms with E-state index in [1.54, 1.807) is 0 Å². The number of hydrogen-bond acceptors (Lipinski definition) is 0. The largest absolute Gasteiger partial charge is 0.117 e. The van der Waals surface area contributed by atoms with Crippen LogP contribution in [0.4, 0.5) is 0 Å². The Labute approximate surface area is 131 Å². The number of alkyl halides is 1. The van der Waals surface area contributed by atoms with Gasteiger partial charge in [-0.1, -0.05) is 36.8 Å². The molecule has 0 nitrogen and oxygen atoms in total. The summed E-state index contributed by atoms with van der Waals surface area (Å²) in [4.78, 5) is 0. The summed E-state index contributed by atoms with van der Waals surface area (Å²) in [5.41, 5.74) is 4.46. The number of hydrogen-bond donors (Lipinski definition) is 0. The molecule has 0 saturated heterocycles. The summed E-state index contributed by atoms with van der Waals surface area (Å²) in [6.07, 6.45) is 8.08. The molecule has 0 spiro atoms. The molecular formula is C20H21Cl. The summed E-state index contributed by atoms with van der Waals surface area (Å²) in [6.45, 7) is 0. The molecule has 2 bridgehead atoms. The van der Waals surface area contributed by atoms with Gasteiger partial charge >= 0.3 is 0 Å². The minimum absolute atomic E-state index is 0.213. The molecule has 0 N–H and O–H groups in total. The van der Waals surface area contributed by atoms with E-state index >= 15 is 0 Å². The smallest absolute Gasteiger partial charge is 0.0622 e. The van der Waals surface area contributed by atoms with E-state index in [0.717, 1.165) is 11.8 Å². The molecule has 0 heterocycles. The first-order chi connectivity index (χ1) is 10.3. The van der Waals surface area contributed by atoms with Crippen LogP contribution in [0, 0.1) is 17.8 Å². The summed E-state index contributed by atoms with van der Waals surface area (Å²) in [5, 5.41) is 3.17. The van der Waals surface area contributed by atoms with E-state index in [-0.39, 0.29) is 5.38 Å². The lowest BCUT2D eigenvalue weighted by Gasteiger charge is -2.27. The van der Waals surface area contributed by atoms with Gasteiger partial charge in [0.1, 0.15) is 0 Å². The third kappa shape index (κ3) is 1.75. The van der Waals surface area contributed by atoms with Gasteiger partial charge in [-0.05, 0) is 77.3 Å². The van der Waals surface area contributed by atoms with Gasteiger partial charge in [0.05, 0.1) is 5.38 Å². The van der Waals surface area contributed by atoms with E-state index in [9.17, 15) is 0 Å². The number of aryl methyl sites for hydroxylation is 2. The normalized spacial score (nSPS) is 31.2. The summed E-state index contributed by atoms with van der Waals surface area (Å²) < 4.78 is 0. The number of rotatable bonds is 2. The van der Waals surface area contributed by atoms with E-state index in [1.165, 1.54) is 66.0 Å². The predicted molar refractivity (Wildman–Crippen MR) is 88.9 cm³/mol. The van der Waals surface area contributed by atoms with Crippen LogP contribution >= 0.6 is 11.6 Å². The maximum absolute atomic E-state index is 7.01. The van der Waals surface area contributed by atoms with Gasteiger partial charge in [-0.15, -0.1) is 11.6 Å². The minimum Gasteiger partial charge on any atom is -0.117 e. The van der Waals surface area contributed by atoms with Gasteiger partial charge in [-0.3, -0.25) is 0 Å². The Bertz CT molecular complexity index is 707. The van der Waals surface area contributed by atoms with E-state index < -0.39 is 0 Å². The van der Waals surface area contributed by atoms with Crippen molar-refractivity contribution in [1.29, 1.82) is 0 Å². The zero-order chi connectivity index (χ0) is 14.0. The second-order valence-electron chi connectivity index (χ2n) is 7.39. The highest BCUT2D eigenvalue weighted by Crippen LogP contribution is 2.55. The molecule has 2 aromatic rings. The first kappa shape index (κ1) is 12.5. The van der Waals surface area contributed by atoms with Crippen molar-refractivity contribution in [1.82, 2.24) is 0 Å². The van der Waals surface area contributed by atoms with Crippen LogP contribution in [0.5, 0.6) is 0 Å². The Balaban J connectivity index is 1.62. The Kier molecular flexibility index (Phi) is 2.68. The highest BCUT2D eigenvalue weighted by Gasteiger charge is 2.43. The molecule has 0 radical (unpaired) electrons. The summed E-state index contributed by atoms with van der Waals surface area (Å²) >= 11 is 7.01. The van der Waals surface area contributed by atoms with Crippen molar-refractivity contribution in [3.8, 4) is 0 Å². The van der Waals surface area contributed by atoms with Gasteiger partial charge in [0, 0.05) is 0 Å². The molecule has 0 amide bonds. The van der Waals surface area contributed by atoms with Gasteiger partial charge in [0.15, 0.2) is 0 Å². The molecule has 0 aliphatic heterocycles. The van der Waals surface area contributed by atoms with E-state index in [1.807, 2.05) is 0 Å². The fourth-order valence-corrected chi connectivity index (χ4v) is 5.89. The van der Waals surface area contributed by atoms with Crippen molar-refractivity contribution in [2.45, 2.75) is 43.9 Å². The molecule has 21 heavy (non-hydrogen) atoms. The second kappa shape index (κ2) is 4.49. The van der Waals surface area contributed by atoms with Gasteiger partial charge in [-0.25, -0.2) is 0 Å². The van der Waals surface area contributed by atoms with Gasteiger partial charge in [0.25, 0.3) is 0 Å². The van der Waals surface area contributed by atoms with E-state index in [2.05, 4.69) is 30.3 Å². The maximum Gasteiger partial charge on any atom is 0.0622 e. The first-order valence-corrected chi connectivity index (χ1v) is 8.92. The molecular weight excluding hydrogens is 276 g/mol. The van der Waals surface area contributed by atoms with Crippen LogP contribution in [0.3, 0.4) is 0 Å². The summed E-state index contributed by atoms with van der Waals surface area (Å²) in [7, 11) is 0. The van der Waals surface area contributed by atoms with Gasteiger partial charge < -0.3 is 0 Å². The van der Waals surface area contributed by atoms with E-state index in [0.29, 0.717) is 5.92 Å². The van der Waals surface area contributed by atoms with Crippen molar-refractivity contribution in [2.24, 2.45) is 17.8 Å². The lowest BCUT2D eigenvalue weighted by molar-refractivity contribution is 0.324. The fraction of sp³-hybridized carbons (Fsp3) is 0.500. The Morgan fingerprint density at radius 2 is 1.81 bits per heavy atom. The summed E-state index contributed by atoms with van der Waals surface area (Å²) in [6, 6.07) is 11.5. The molecule has 4 atom stereocenters. The highest BCUT2D eigenvalue weighted by atomic mass is 35.5. The highest BCUT2D eigenvalue weighted by molar-refractivity contribution is 6.22. The lowest BCUT2D eigenvalue weighted by Crippen LogP contribution is -2.16. The average molecular weight is 297 g/mol. The van der Waals surface area contributed by atoms with Crippen molar-refractivity contribution in [2.75, 3.05) is 0 Å². The van der Waals surface area contributed by atoms with Crippen LogP contribution in [0.2, 0.25) is 0 Å². The third-order valence-electron chi connectivity index (χ3n) is 6.38. The molecule has 3 aliphatic rings. The zero-order valence-electron chi connectivity index (χ0n) is 12.3. The van der Waals surface area contributed by atoms with Crippen LogP contribution in [0.15, 0.2) is 30.3 Å². The third-order valence-corrected chi connectivity index (χ3v) is 6.94. The Morgan fingerprint density at radius 3 is 2.57 bits per heavy atom. The SMILES string of the molecule is ClC(c1ccc2c3c(cccc13)CC2)C1CC2CCC1C2. The molecule has 4 unspecified atom stereocenters. The van der Waals surface area contributed by atoms with Crippen molar-refractivity contribution in [3.63, 3.8) is 0 Å². The standard InChI is InChI=1S/C20H21Cl/c21-20(18-11-12-4-5-15(18)10-12)17-9-8-14-7-6-13-2-1-3-16(17)19(13)14/h1-3,8-9,12,15,18,20H,4-7,10-11H2. The predicted octanol–water partition coefficient (Wildman–Crippen LogP) is 5.65. The summed E-state index contributed by atoms with van der Waals surface area (Å²) in [5.74, 6) is 2.57. The number of benzene rings is 2. The van der Waals surface area contributed by atoms with Crippen LogP contribution in [-0.2, 0) is 12.8 Å². The topological polar surface area (TPSA) is 0 Å². The van der Waals surface area contributed by atoms with Crippen molar-refractivity contribution < 1.29 is 0 Å². The molecule has 2 aromatic carbocycles. The minimum atomic E-state index is 0.213. The van der Waals surface area contributed by atoms with Crippen LogP contribution in [-0.4, -0.2) is 0 Å². The van der Waals surface area contributed by atoms with Gasteiger partial charge in [0.2, 0.25) is 0 Å².